The fraction of sp³-hybridized carbons (Fsp3) is 0.381. The van der Waals surface area contributed by atoms with Crippen molar-refractivity contribution in [3.63, 3.8) is 0 Å². The van der Waals surface area contributed by atoms with Crippen LogP contribution in [0.1, 0.15) is 49.8 Å². The number of rotatable bonds is 4. The van der Waals surface area contributed by atoms with Gasteiger partial charge in [0, 0.05) is 19.2 Å². The molecule has 5 nitrogen and oxygen atoms in total. The third-order valence-electron chi connectivity index (χ3n) is 4.78. The summed E-state index contributed by atoms with van der Waals surface area (Å²) in [6.45, 7) is 8.20. The van der Waals surface area contributed by atoms with E-state index in [-0.39, 0.29) is 16.7 Å². The predicted molar refractivity (Wildman–Crippen MR) is 106 cm³/mol. The SMILES string of the molecule is CC(=O)N1CCCc2cc(S(=O)(=O)Oc3cc(C)cc(C(C)C)c3)ccc21. The van der Waals surface area contributed by atoms with E-state index < -0.39 is 10.1 Å². The van der Waals surface area contributed by atoms with Crippen LogP contribution in [-0.2, 0) is 21.3 Å². The molecule has 0 spiro atoms. The second kappa shape index (κ2) is 7.35. The summed E-state index contributed by atoms with van der Waals surface area (Å²) in [5, 5.41) is 0. The van der Waals surface area contributed by atoms with Crippen LogP contribution in [0.15, 0.2) is 41.3 Å². The van der Waals surface area contributed by atoms with E-state index in [1.807, 2.05) is 13.0 Å². The summed E-state index contributed by atoms with van der Waals surface area (Å²) in [5.74, 6) is 0.557. The lowest BCUT2D eigenvalue weighted by molar-refractivity contribution is -0.116. The van der Waals surface area contributed by atoms with E-state index in [1.54, 1.807) is 29.2 Å². The Labute approximate surface area is 161 Å². The van der Waals surface area contributed by atoms with Crippen molar-refractivity contribution in [3.8, 4) is 5.75 Å². The zero-order chi connectivity index (χ0) is 19.8. The monoisotopic (exact) mass is 387 g/mol. The summed E-state index contributed by atoms with van der Waals surface area (Å²) in [4.78, 5) is 13.6. The minimum Gasteiger partial charge on any atom is -0.379 e. The molecule has 1 aliphatic heterocycles. The summed E-state index contributed by atoms with van der Waals surface area (Å²) in [7, 11) is -3.95. The minimum atomic E-state index is -3.95. The first-order valence-electron chi connectivity index (χ1n) is 9.14. The molecule has 0 saturated carbocycles. The molecule has 0 saturated heterocycles. The molecule has 144 valence electrons. The summed E-state index contributed by atoms with van der Waals surface area (Å²) in [6.07, 6.45) is 1.55. The van der Waals surface area contributed by atoms with Crippen LogP contribution < -0.4 is 9.08 Å². The molecule has 2 aromatic carbocycles. The Morgan fingerprint density at radius 3 is 2.56 bits per heavy atom. The van der Waals surface area contributed by atoms with Gasteiger partial charge >= 0.3 is 10.1 Å². The normalized spacial score (nSPS) is 14.2. The van der Waals surface area contributed by atoms with Gasteiger partial charge in [-0.1, -0.05) is 19.9 Å². The van der Waals surface area contributed by atoms with E-state index in [0.717, 1.165) is 35.2 Å². The van der Waals surface area contributed by atoms with Crippen LogP contribution in [0.3, 0.4) is 0 Å². The predicted octanol–water partition coefficient (Wildman–Crippen LogP) is 4.19. The second-order valence-electron chi connectivity index (χ2n) is 7.34. The minimum absolute atomic E-state index is 0.0382. The lowest BCUT2D eigenvalue weighted by atomic mass is 10.0. The van der Waals surface area contributed by atoms with Crippen molar-refractivity contribution in [2.45, 2.75) is 51.3 Å². The number of hydrogen-bond donors (Lipinski definition) is 0. The molecule has 0 aliphatic carbocycles. The molecule has 1 aliphatic rings. The van der Waals surface area contributed by atoms with Crippen LogP contribution >= 0.6 is 0 Å². The van der Waals surface area contributed by atoms with E-state index in [9.17, 15) is 13.2 Å². The molecule has 6 heteroatoms. The lowest BCUT2D eigenvalue weighted by Gasteiger charge is -2.28. The second-order valence-corrected chi connectivity index (χ2v) is 8.88. The van der Waals surface area contributed by atoms with E-state index >= 15 is 0 Å². The first-order chi connectivity index (χ1) is 12.7. The van der Waals surface area contributed by atoms with Gasteiger partial charge in [0.15, 0.2) is 0 Å². The zero-order valence-corrected chi connectivity index (χ0v) is 17.0. The molecule has 0 bridgehead atoms. The number of carbonyl (C=O) groups excluding carboxylic acids is 1. The van der Waals surface area contributed by atoms with E-state index in [1.165, 1.54) is 13.0 Å². The highest BCUT2D eigenvalue weighted by molar-refractivity contribution is 7.87. The van der Waals surface area contributed by atoms with Gasteiger partial charge in [-0.25, -0.2) is 0 Å². The van der Waals surface area contributed by atoms with Gasteiger partial charge in [0.2, 0.25) is 5.91 Å². The van der Waals surface area contributed by atoms with Gasteiger partial charge in [0.05, 0.1) is 0 Å². The van der Waals surface area contributed by atoms with Crippen LogP contribution in [0.5, 0.6) is 5.75 Å². The number of carbonyl (C=O) groups is 1. The van der Waals surface area contributed by atoms with Gasteiger partial charge in [0.1, 0.15) is 10.6 Å². The fourth-order valence-electron chi connectivity index (χ4n) is 3.39. The van der Waals surface area contributed by atoms with Crippen molar-refractivity contribution < 1.29 is 17.4 Å². The van der Waals surface area contributed by atoms with Gasteiger partial charge in [-0.3, -0.25) is 4.79 Å². The molecule has 1 heterocycles. The van der Waals surface area contributed by atoms with Gasteiger partial charge in [-0.2, -0.15) is 8.42 Å². The Hall–Kier alpha value is -2.34. The Balaban J connectivity index is 1.93. The maximum Gasteiger partial charge on any atom is 0.339 e. The van der Waals surface area contributed by atoms with Crippen molar-refractivity contribution in [1.82, 2.24) is 0 Å². The average molecular weight is 388 g/mol. The molecule has 2 aromatic rings. The van der Waals surface area contributed by atoms with E-state index in [4.69, 9.17) is 4.18 Å². The lowest BCUT2D eigenvalue weighted by Crippen LogP contribution is -2.33. The van der Waals surface area contributed by atoms with Gasteiger partial charge in [-0.05, 0) is 72.7 Å². The molecule has 0 radical (unpaired) electrons. The smallest absolute Gasteiger partial charge is 0.339 e. The molecule has 0 N–H and O–H groups in total. The number of anilines is 1. The van der Waals surface area contributed by atoms with Crippen molar-refractivity contribution in [2.24, 2.45) is 0 Å². The Bertz CT molecular complexity index is 980. The van der Waals surface area contributed by atoms with Crippen LogP contribution in [0.4, 0.5) is 5.69 Å². The Morgan fingerprint density at radius 2 is 1.89 bits per heavy atom. The first-order valence-corrected chi connectivity index (χ1v) is 10.6. The molecule has 0 atom stereocenters. The maximum atomic E-state index is 12.8. The van der Waals surface area contributed by atoms with Gasteiger partial charge in [-0.15, -0.1) is 0 Å². The average Bonchev–Trinajstić information content (AvgIpc) is 2.59. The van der Waals surface area contributed by atoms with Crippen LogP contribution in [0.25, 0.3) is 0 Å². The molecule has 27 heavy (non-hydrogen) atoms. The summed E-state index contributed by atoms with van der Waals surface area (Å²) in [6, 6.07) is 10.3. The standard InChI is InChI=1S/C21H25NO4S/c1-14(2)18-10-15(3)11-19(12-18)26-27(24,25)20-7-8-21-17(13-20)6-5-9-22(21)16(4)23/h7-8,10-14H,5-6,9H2,1-4H3. The molecule has 0 fully saturated rings. The zero-order valence-electron chi connectivity index (χ0n) is 16.2. The van der Waals surface area contributed by atoms with Crippen molar-refractivity contribution >= 4 is 21.7 Å². The first kappa shape index (κ1) is 19.4. The molecule has 3 rings (SSSR count). The summed E-state index contributed by atoms with van der Waals surface area (Å²) >= 11 is 0. The van der Waals surface area contributed by atoms with Crippen LogP contribution in [-0.4, -0.2) is 20.9 Å². The third-order valence-corrected chi connectivity index (χ3v) is 6.03. The topological polar surface area (TPSA) is 63.7 Å². The van der Waals surface area contributed by atoms with Crippen LogP contribution in [0, 0.1) is 6.92 Å². The number of amides is 1. The molecule has 1 amide bonds. The molecule has 0 aromatic heterocycles. The van der Waals surface area contributed by atoms with Crippen molar-refractivity contribution in [1.29, 1.82) is 0 Å². The van der Waals surface area contributed by atoms with Gasteiger partial charge < -0.3 is 9.08 Å². The maximum absolute atomic E-state index is 12.8. The van der Waals surface area contributed by atoms with E-state index in [2.05, 4.69) is 13.8 Å². The number of benzene rings is 2. The molecular weight excluding hydrogens is 362 g/mol. The third kappa shape index (κ3) is 4.16. The number of hydrogen-bond acceptors (Lipinski definition) is 4. The Morgan fingerprint density at radius 1 is 1.15 bits per heavy atom. The quantitative estimate of drug-likeness (QED) is 0.738. The Kier molecular flexibility index (Phi) is 5.29. The number of nitrogens with zero attached hydrogens (tertiary/aromatic N) is 1. The molecular formula is C21H25NO4S. The van der Waals surface area contributed by atoms with Crippen LogP contribution in [0.2, 0.25) is 0 Å². The largest absolute Gasteiger partial charge is 0.379 e. The highest BCUT2D eigenvalue weighted by Crippen LogP contribution is 2.31. The number of fused-ring (bicyclic) bond motifs is 1. The highest BCUT2D eigenvalue weighted by Gasteiger charge is 2.24. The van der Waals surface area contributed by atoms with Crippen molar-refractivity contribution in [2.75, 3.05) is 11.4 Å². The van der Waals surface area contributed by atoms with Crippen molar-refractivity contribution in [3.05, 3.63) is 53.1 Å². The fourth-order valence-corrected chi connectivity index (χ4v) is 4.36. The molecule has 0 unspecified atom stereocenters. The summed E-state index contributed by atoms with van der Waals surface area (Å²) < 4.78 is 31.0. The summed E-state index contributed by atoms with van der Waals surface area (Å²) in [5.41, 5.74) is 3.62. The van der Waals surface area contributed by atoms with Gasteiger partial charge in [0.25, 0.3) is 0 Å². The number of aryl methyl sites for hydroxylation is 2. The van der Waals surface area contributed by atoms with E-state index in [0.29, 0.717) is 12.3 Å². The highest BCUT2D eigenvalue weighted by atomic mass is 32.2.